The lowest BCUT2D eigenvalue weighted by atomic mass is 10.1. The van der Waals surface area contributed by atoms with Crippen LogP contribution in [0.15, 0.2) is 28.2 Å². The van der Waals surface area contributed by atoms with Crippen LogP contribution in [0.25, 0.3) is 0 Å². The zero-order chi connectivity index (χ0) is 12.3. The first-order chi connectivity index (χ1) is 8.16. The molecule has 7 nitrogen and oxygen atoms in total. The highest BCUT2D eigenvalue weighted by Crippen LogP contribution is 2.11. The third kappa shape index (κ3) is 2.63. The zero-order valence-electron chi connectivity index (χ0n) is 8.75. The van der Waals surface area contributed by atoms with Crippen LogP contribution >= 0.6 is 0 Å². The van der Waals surface area contributed by atoms with E-state index in [1.165, 1.54) is 12.5 Å². The number of aliphatic carboxylic acids is 1. The predicted molar refractivity (Wildman–Crippen MR) is 55.1 cm³/mol. The van der Waals surface area contributed by atoms with Crippen LogP contribution in [0.3, 0.4) is 0 Å². The summed E-state index contributed by atoms with van der Waals surface area (Å²) in [5, 5.41) is 14.6. The lowest BCUT2D eigenvalue weighted by Crippen LogP contribution is -2.34. The van der Waals surface area contributed by atoms with E-state index in [-0.39, 0.29) is 12.1 Å². The number of oxime groups is 1. The number of nitrogens with zero attached hydrogens (tertiary/aromatic N) is 1. The molecular formula is C10H10N2O5. The summed E-state index contributed by atoms with van der Waals surface area (Å²) < 4.78 is 4.84. The van der Waals surface area contributed by atoms with Crippen molar-refractivity contribution in [3.63, 3.8) is 0 Å². The predicted octanol–water partition coefficient (Wildman–Crippen LogP) is 0.125. The Kier molecular flexibility index (Phi) is 3.08. The van der Waals surface area contributed by atoms with Crippen LogP contribution < -0.4 is 5.32 Å². The fourth-order valence-corrected chi connectivity index (χ4v) is 1.34. The number of carboxylic acid groups (broad SMARTS) is 1. The molecule has 1 aliphatic rings. The summed E-state index contributed by atoms with van der Waals surface area (Å²) in [6, 6.07) is 1.72. The smallest absolute Gasteiger partial charge is 0.353 e. The molecule has 7 heteroatoms. The van der Waals surface area contributed by atoms with Crippen molar-refractivity contribution in [3.8, 4) is 0 Å². The van der Waals surface area contributed by atoms with Crippen LogP contribution in [0.4, 0.5) is 0 Å². The Balaban J connectivity index is 1.81. The van der Waals surface area contributed by atoms with E-state index in [0.717, 1.165) is 5.56 Å². The fraction of sp³-hybridized carbons (Fsp3) is 0.300. The molecule has 2 rings (SSSR count). The average molecular weight is 238 g/mol. The Labute approximate surface area is 96.0 Å². The zero-order valence-corrected chi connectivity index (χ0v) is 8.75. The van der Waals surface area contributed by atoms with Gasteiger partial charge in [0.25, 0.3) is 5.91 Å². The van der Waals surface area contributed by atoms with Gasteiger partial charge < -0.3 is 19.7 Å². The van der Waals surface area contributed by atoms with E-state index in [0.29, 0.717) is 6.54 Å². The quantitative estimate of drug-likeness (QED) is 0.776. The van der Waals surface area contributed by atoms with E-state index in [9.17, 15) is 9.59 Å². The number of carbonyl (C=O) groups excluding carboxylic acids is 1. The summed E-state index contributed by atoms with van der Waals surface area (Å²) in [6.45, 7) is 0.303. The molecule has 0 aromatic carbocycles. The van der Waals surface area contributed by atoms with Gasteiger partial charge in [-0.15, -0.1) is 0 Å². The van der Waals surface area contributed by atoms with Crippen LogP contribution in [0, 0.1) is 0 Å². The lowest BCUT2D eigenvalue weighted by molar-refractivity contribution is -0.131. The number of furan rings is 1. The molecular weight excluding hydrogens is 228 g/mol. The Morgan fingerprint density at radius 3 is 3.00 bits per heavy atom. The summed E-state index contributed by atoms with van der Waals surface area (Å²) in [7, 11) is 0. The van der Waals surface area contributed by atoms with E-state index < -0.39 is 18.0 Å². The molecule has 0 bridgehead atoms. The van der Waals surface area contributed by atoms with Crippen molar-refractivity contribution in [1.29, 1.82) is 0 Å². The third-order valence-electron chi connectivity index (χ3n) is 2.26. The Bertz CT molecular complexity index is 451. The van der Waals surface area contributed by atoms with Crippen LogP contribution in [-0.2, 0) is 21.0 Å². The summed E-state index contributed by atoms with van der Waals surface area (Å²) in [5.74, 6) is -1.57. The maximum absolute atomic E-state index is 11.6. The second-order valence-electron chi connectivity index (χ2n) is 3.49. The Hall–Kier alpha value is -2.31. The fourth-order valence-electron chi connectivity index (χ4n) is 1.34. The standard InChI is InChI=1S/C10H10N2O5/c13-9(11-4-6-1-2-16-5-6)8-3-7(10(14)15)12-17-8/h1-2,5,8H,3-4H2,(H,11,13)(H,14,15). The van der Waals surface area contributed by atoms with Gasteiger partial charge >= 0.3 is 5.97 Å². The van der Waals surface area contributed by atoms with Crippen molar-refractivity contribution < 1.29 is 24.0 Å². The highest BCUT2D eigenvalue weighted by molar-refractivity contribution is 6.36. The van der Waals surface area contributed by atoms with Crippen molar-refractivity contribution >= 4 is 17.6 Å². The van der Waals surface area contributed by atoms with Gasteiger partial charge in [-0.2, -0.15) is 0 Å². The van der Waals surface area contributed by atoms with E-state index >= 15 is 0 Å². The molecule has 1 aromatic heterocycles. The van der Waals surface area contributed by atoms with Crippen molar-refractivity contribution in [2.45, 2.75) is 19.1 Å². The second kappa shape index (κ2) is 4.69. The number of amides is 1. The van der Waals surface area contributed by atoms with Crippen LogP contribution in [0.1, 0.15) is 12.0 Å². The molecule has 17 heavy (non-hydrogen) atoms. The van der Waals surface area contributed by atoms with E-state index in [2.05, 4.69) is 10.5 Å². The molecule has 0 saturated carbocycles. The van der Waals surface area contributed by atoms with Gasteiger partial charge in [0, 0.05) is 18.5 Å². The van der Waals surface area contributed by atoms with E-state index in [1.54, 1.807) is 6.07 Å². The van der Waals surface area contributed by atoms with Gasteiger partial charge in [-0.05, 0) is 6.07 Å². The van der Waals surface area contributed by atoms with Gasteiger partial charge in [0.2, 0.25) is 6.10 Å². The number of hydrogen-bond acceptors (Lipinski definition) is 5. The Morgan fingerprint density at radius 2 is 2.41 bits per heavy atom. The topological polar surface area (TPSA) is 101 Å². The molecule has 0 radical (unpaired) electrons. The number of carbonyl (C=O) groups is 2. The van der Waals surface area contributed by atoms with Crippen LogP contribution in [0.2, 0.25) is 0 Å². The van der Waals surface area contributed by atoms with Gasteiger partial charge in [0.1, 0.15) is 0 Å². The largest absolute Gasteiger partial charge is 0.477 e. The van der Waals surface area contributed by atoms with Crippen LogP contribution in [-0.4, -0.2) is 28.8 Å². The van der Waals surface area contributed by atoms with Gasteiger partial charge in [-0.3, -0.25) is 4.79 Å². The first-order valence-corrected chi connectivity index (χ1v) is 4.91. The molecule has 2 N–H and O–H groups in total. The average Bonchev–Trinajstić information content (AvgIpc) is 2.96. The molecule has 1 aromatic rings. The lowest BCUT2D eigenvalue weighted by Gasteiger charge is -2.07. The molecule has 0 aliphatic carbocycles. The van der Waals surface area contributed by atoms with Crippen molar-refractivity contribution in [2.24, 2.45) is 5.16 Å². The molecule has 1 unspecified atom stereocenters. The van der Waals surface area contributed by atoms with Gasteiger partial charge in [-0.25, -0.2) is 4.79 Å². The molecule has 1 amide bonds. The van der Waals surface area contributed by atoms with Crippen molar-refractivity contribution in [1.82, 2.24) is 5.32 Å². The van der Waals surface area contributed by atoms with Gasteiger partial charge in [-0.1, -0.05) is 5.16 Å². The van der Waals surface area contributed by atoms with Crippen molar-refractivity contribution in [2.75, 3.05) is 0 Å². The SMILES string of the molecule is O=C(O)C1=NOC(C(=O)NCc2ccoc2)C1. The van der Waals surface area contributed by atoms with Crippen LogP contribution in [0.5, 0.6) is 0 Å². The highest BCUT2D eigenvalue weighted by atomic mass is 16.6. The molecule has 2 heterocycles. The first kappa shape index (κ1) is 11.2. The van der Waals surface area contributed by atoms with Gasteiger partial charge in [0.05, 0.1) is 12.5 Å². The van der Waals surface area contributed by atoms with Crippen molar-refractivity contribution in [3.05, 3.63) is 24.2 Å². The molecule has 0 fully saturated rings. The number of carboxylic acids is 1. The minimum Gasteiger partial charge on any atom is -0.477 e. The second-order valence-corrected chi connectivity index (χ2v) is 3.49. The highest BCUT2D eigenvalue weighted by Gasteiger charge is 2.31. The first-order valence-electron chi connectivity index (χ1n) is 4.91. The summed E-state index contributed by atoms with van der Waals surface area (Å²) in [5.41, 5.74) is 0.671. The monoisotopic (exact) mass is 238 g/mol. The summed E-state index contributed by atoms with van der Waals surface area (Å²) in [6.07, 6.45) is 2.12. The molecule has 90 valence electrons. The van der Waals surface area contributed by atoms with Gasteiger partial charge in [0.15, 0.2) is 5.71 Å². The van der Waals surface area contributed by atoms with E-state index in [1.807, 2.05) is 0 Å². The van der Waals surface area contributed by atoms with E-state index in [4.69, 9.17) is 14.4 Å². The molecule has 1 aliphatic heterocycles. The Morgan fingerprint density at radius 1 is 1.59 bits per heavy atom. The summed E-state index contributed by atoms with van der Waals surface area (Å²) >= 11 is 0. The molecule has 0 saturated heterocycles. The molecule has 0 spiro atoms. The number of rotatable bonds is 4. The third-order valence-corrected chi connectivity index (χ3v) is 2.26. The summed E-state index contributed by atoms with van der Waals surface area (Å²) in [4.78, 5) is 26.9. The number of nitrogens with one attached hydrogen (secondary N) is 1. The minimum absolute atomic E-state index is 0.0213. The maximum Gasteiger partial charge on any atom is 0.353 e. The number of hydrogen-bond donors (Lipinski definition) is 2. The molecule has 1 atom stereocenters. The maximum atomic E-state index is 11.6. The minimum atomic E-state index is -1.17. The normalized spacial score (nSPS) is 18.4.